The predicted octanol–water partition coefficient (Wildman–Crippen LogP) is 3.13. The molecule has 0 radical (unpaired) electrons. The van der Waals surface area contributed by atoms with Crippen LogP contribution in [-0.2, 0) is 16.0 Å². The molecule has 2 amide bonds. The van der Waals surface area contributed by atoms with Gasteiger partial charge in [0.15, 0.2) is 0 Å². The minimum Gasteiger partial charge on any atom is -0.355 e. The van der Waals surface area contributed by atoms with Crippen LogP contribution in [0.15, 0.2) is 42.5 Å². The lowest BCUT2D eigenvalue weighted by molar-refractivity contribution is -0.126. The van der Waals surface area contributed by atoms with Crippen LogP contribution in [-0.4, -0.2) is 18.4 Å². The summed E-state index contributed by atoms with van der Waals surface area (Å²) in [5.74, 6) is -0.964. The zero-order valence-corrected chi connectivity index (χ0v) is 13.9. The van der Waals surface area contributed by atoms with Crippen molar-refractivity contribution in [3.8, 4) is 0 Å². The highest BCUT2D eigenvalue weighted by Gasteiger charge is 2.11. The summed E-state index contributed by atoms with van der Waals surface area (Å²) in [6, 6.07) is 11.8. The third kappa shape index (κ3) is 5.19. The van der Waals surface area contributed by atoms with Gasteiger partial charge in [-0.3, -0.25) is 9.59 Å². The Bertz CT molecular complexity index is 727. The maximum absolute atomic E-state index is 12.8. The van der Waals surface area contributed by atoms with Crippen molar-refractivity contribution < 1.29 is 14.0 Å². The molecule has 2 aromatic carbocycles. The van der Waals surface area contributed by atoms with Crippen LogP contribution in [0, 0.1) is 19.7 Å². The molecular formula is C19H21FN2O2. The second-order valence-electron chi connectivity index (χ2n) is 5.70. The Kier molecular flexibility index (Phi) is 6.07. The molecule has 0 spiro atoms. The van der Waals surface area contributed by atoms with E-state index in [1.54, 1.807) is 12.1 Å². The van der Waals surface area contributed by atoms with Gasteiger partial charge in [0.1, 0.15) is 12.2 Å². The van der Waals surface area contributed by atoms with Crippen LogP contribution in [0.1, 0.15) is 23.1 Å². The molecule has 2 rings (SSSR count). The van der Waals surface area contributed by atoms with Crippen LogP contribution in [0.25, 0.3) is 0 Å². The molecule has 0 aromatic heterocycles. The third-order valence-corrected chi connectivity index (χ3v) is 3.85. The van der Waals surface area contributed by atoms with Crippen LogP contribution in [0.5, 0.6) is 0 Å². The molecule has 5 heteroatoms. The van der Waals surface area contributed by atoms with E-state index in [9.17, 15) is 14.0 Å². The monoisotopic (exact) mass is 328 g/mol. The number of anilines is 1. The van der Waals surface area contributed by atoms with Gasteiger partial charge in [0.25, 0.3) is 0 Å². The van der Waals surface area contributed by atoms with Crippen LogP contribution in [0.2, 0.25) is 0 Å². The average Bonchev–Trinajstić information content (AvgIpc) is 2.53. The van der Waals surface area contributed by atoms with Crippen molar-refractivity contribution in [1.82, 2.24) is 5.32 Å². The summed E-state index contributed by atoms with van der Waals surface area (Å²) in [4.78, 5) is 23.8. The van der Waals surface area contributed by atoms with Gasteiger partial charge in [-0.25, -0.2) is 4.39 Å². The highest BCUT2D eigenvalue weighted by atomic mass is 19.1. The van der Waals surface area contributed by atoms with Crippen molar-refractivity contribution in [3.63, 3.8) is 0 Å². The summed E-state index contributed by atoms with van der Waals surface area (Å²) in [6.07, 6.45) is 0.363. The molecule has 0 aliphatic rings. The maximum atomic E-state index is 12.8. The molecule has 2 N–H and O–H groups in total. The van der Waals surface area contributed by atoms with Gasteiger partial charge < -0.3 is 10.6 Å². The van der Waals surface area contributed by atoms with E-state index in [1.165, 1.54) is 12.1 Å². The lowest BCUT2D eigenvalue weighted by atomic mass is 10.1. The number of halogens is 1. The molecule has 126 valence electrons. The van der Waals surface area contributed by atoms with Crippen molar-refractivity contribution in [1.29, 1.82) is 0 Å². The molecule has 0 fully saturated rings. The van der Waals surface area contributed by atoms with Gasteiger partial charge in [-0.1, -0.05) is 24.3 Å². The van der Waals surface area contributed by atoms with E-state index in [4.69, 9.17) is 0 Å². The Balaban J connectivity index is 1.76. The molecule has 4 nitrogen and oxygen atoms in total. The number of rotatable bonds is 6. The fourth-order valence-electron chi connectivity index (χ4n) is 2.29. The largest absolute Gasteiger partial charge is 0.355 e. The minimum absolute atomic E-state index is 0.225. The topological polar surface area (TPSA) is 58.2 Å². The number of carbonyl (C=O) groups excluding carboxylic acids is 2. The number of amides is 2. The summed E-state index contributed by atoms with van der Waals surface area (Å²) < 4.78 is 12.8. The molecule has 0 bridgehead atoms. The Morgan fingerprint density at radius 2 is 1.71 bits per heavy atom. The van der Waals surface area contributed by atoms with Crippen molar-refractivity contribution >= 4 is 17.5 Å². The van der Waals surface area contributed by atoms with Crippen LogP contribution in [0.3, 0.4) is 0 Å². The Labute approximate surface area is 141 Å². The fourth-order valence-corrected chi connectivity index (χ4v) is 2.29. The highest BCUT2D eigenvalue weighted by molar-refractivity contribution is 6.03. The molecule has 2 aromatic rings. The summed E-state index contributed by atoms with van der Waals surface area (Å²) in [6.45, 7) is 4.29. The highest BCUT2D eigenvalue weighted by Crippen LogP contribution is 2.17. The third-order valence-electron chi connectivity index (χ3n) is 3.85. The summed E-state index contributed by atoms with van der Waals surface area (Å²) in [5, 5.41) is 5.45. The van der Waals surface area contributed by atoms with Crippen molar-refractivity contribution in [3.05, 3.63) is 65.0 Å². The second-order valence-corrected chi connectivity index (χ2v) is 5.70. The Morgan fingerprint density at radius 1 is 1.00 bits per heavy atom. The van der Waals surface area contributed by atoms with Gasteiger partial charge in [0, 0.05) is 12.2 Å². The van der Waals surface area contributed by atoms with E-state index < -0.39 is 0 Å². The van der Waals surface area contributed by atoms with Gasteiger partial charge in [-0.05, 0) is 55.2 Å². The standard InChI is InChI=1S/C19H21FN2O2/c1-13-4-3-5-17(14(13)2)22-19(24)12-18(23)21-11-10-15-6-8-16(20)9-7-15/h3-9H,10-12H2,1-2H3,(H,21,23)(H,22,24). The van der Waals surface area contributed by atoms with Gasteiger partial charge >= 0.3 is 0 Å². The molecule has 24 heavy (non-hydrogen) atoms. The van der Waals surface area contributed by atoms with Crippen LogP contribution in [0.4, 0.5) is 10.1 Å². The Hall–Kier alpha value is -2.69. The van der Waals surface area contributed by atoms with E-state index in [-0.39, 0.29) is 24.1 Å². The second kappa shape index (κ2) is 8.24. The Morgan fingerprint density at radius 3 is 2.42 bits per heavy atom. The lowest BCUT2D eigenvalue weighted by Gasteiger charge is -2.10. The molecule has 0 heterocycles. The molecule has 0 saturated heterocycles. The van der Waals surface area contributed by atoms with Crippen molar-refractivity contribution in [2.75, 3.05) is 11.9 Å². The number of hydrogen-bond acceptors (Lipinski definition) is 2. The lowest BCUT2D eigenvalue weighted by Crippen LogP contribution is -2.29. The molecule has 0 saturated carbocycles. The van der Waals surface area contributed by atoms with E-state index >= 15 is 0 Å². The quantitative estimate of drug-likeness (QED) is 0.801. The van der Waals surface area contributed by atoms with E-state index in [2.05, 4.69) is 10.6 Å². The smallest absolute Gasteiger partial charge is 0.233 e. The maximum Gasteiger partial charge on any atom is 0.233 e. The first-order valence-corrected chi connectivity index (χ1v) is 7.83. The van der Waals surface area contributed by atoms with Gasteiger partial charge in [0.05, 0.1) is 0 Å². The van der Waals surface area contributed by atoms with Crippen LogP contribution >= 0.6 is 0 Å². The average molecular weight is 328 g/mol. The van der Waals surface area contributed by atoms with Gasteiger partial charge in [-0.2, -0.15) is 0 Å². The van der Waals surface area contributed by atoms with E-state index in [0.717, 1.165) is 22.4 Å². The SMILES string of the molecule is Cc1cccc(NC(=O)CC(=O)NCCc2ccc(F)cc2)c1C. The van der Waals surface area contributed by atoms with Crippen molar-refractivity contribution in [2.45, 2.75) is 26.7 Å². The zero-order valence-electron chi connectivity index (χ0n) is 13.9. The number of nitrogens with one attached hydrogen (secondary N) is 2. The fraction of sp³-hybridized carbons (Fsp3) is 0.263. The van der Waals surface area contributed by atoms with E-state index in [0.29, 0.717) is 13.0 Å². The zero-order chi connectivity index (χ0) is 17.5. The minimum atomic E-state index is -0.344. The summed E-state index contributed by atoms with van der Waals surface area (Å²) in [7, 11) is 0. The number of aryl methyl sites for hydroxylation is 1. The van der Waals surface area contributed by atoms with Gasteiger partial charge in [0.2, 0.25) is 11.8 Å². The molecule has 0 aliphatic carbocycles. The molecular weight excluding hydrogens is 307 g/mol. The number of carbonyl (C=O) groups is 2. The first-order chi connectivity index (χ1) is 11.5. The van der Waals surface area contributed by atoms with Crippen molar-refractivity contribution in [2.24, 2.45) is 0 Å². The molecule has 0 aliphatic heterocycles. The number of benzene rings is 2. The van der Waals surface area contributed by atoms with Gasteiger partial charge in [-0.15, -0.1) is 0 Å². The number of hydrogen-bond donors (Lipinski definition) is 2. The van der Waals surface area contributed by atoms with E-state index in [1.807, 2.05) is 32.0 Å². The first kappa shape index (κ1) is 17.7. The molecule has 0 unspecified atom stereocenters. The first-order valence-electron chi connectivity index (χ1n) is 7.83. The summed E-state index contributed by atoms with van der Waals surface area (Å²) in [5.41, 5.74) is 3.72. The normalized spacial score (nSPS) is 10.3. The summed E-state index contributed by atoms with van der Waals surface area (Å²) >= 11 is 0. The predicted molar refractivity (Wildman–Crippen MR) is 92.3 cm³/mol. The molecule has 0 atom stereocenters. The van der Waals surface area contributed by atoms with Crippen LogP contribution < -0.4 is 10.6 Å².